The molecule has 9 nitrogen and oxygen atoms in total. The zero-order valence-corrected chi connectivity index (χ0v) is 13.0. The molecule has 1 aromatic heterocycles. The Bertz CT molecular complexity index is 564. The van der Waals surface area contributed by atoms with E-state index in [0.29, 0.717) is 26.2 Å². The molecule has 3 rings (SSSR count). The number of carboxylic acids is 1. The zero-order chi connectivity index (χ0) is 16.4. The Morgan fingerprint density at radius 1 is 1.35 bits per heavy atom. The van der Waals surface area contributed by atoms with Gasteiger partial charge in [0.1, 0.15) is 0 Å². The van der Waals surface area contributed by atoms with Gasteiger partial charge in [-0.2, -0.15) is 0 Å². The number of aromatic nitrogens is 3. The summed E-state index contributed by atoms with van der Waals surface area (Å²) in [5.41, 5.74) is 0. The van der Waals surface area contributed by atoms with E-state index in [2.05, 4.69) is 15.6 Å². The number of likely N-dealkylation sites (tertiary alicyclic amines) is 1. The molecule has 3 heterocycles. The third-order valence-electron chi connectivity index (χ3n) is 4.44. The van der Waals surface area contributed by atoms with Crippen LogP contribution in [0.3, 0.4) is 0 Å². The predicted molar refractivity (Wildman–Crippen MR) is 78.7 cm³/mol. The van der Waals surface area contributed by atoms with Crippen molar-refractivity contribution in [2.75, 3.05) is 26.3 Å². The molecule has 2 unspecified atom stereocenters. The van der Waals surface area contributed by atoms with E-state index in [9.17, 15) is 14.7 Å². The van der Waals surface area contributed by atoms with Crippen molar-refractivity contribution in [2.24, 2.45) is 11.8 Å². The largest absolute Gasteiger partial charge is 0.481 e. The number of carbonyl (C=O) groups is 2. The quantitative estimate of drug-likeness (QED) is 0.808. The maximum atomic E-state index is 12.5. The molecule has 4 atom stereocenters. The number of nitrogens with zero attached hydrogens (tertiary/aromatic N) is 4. The lowest BCUT2D eigenvalue weighted by Gasteiger charge is -2.35. The molecule has 2 amide bonds. The molecule has 0 aromatic carbocycles. The molecule has 126 valence electrons. The van der Waals surface area contributed by atoms with Crippen molar-refractivity contribution in [2.45, 2.75) is 25.4 Å². The van der Waals surface area contributed by atoms with Gasteiger partial charge in [0.15, 0.2) is 0 Å². The maximum Gasteiger partial charge on any atom is 0.317 e. The fraction of sp³-hybridized carbons (Fsp3) is 0.714. The van der Waals surface area contributed by atoms with Crippen LogP contribution in [0.4, 0.5) is 4.79 Å². The first-order valence-corrected chi connectivity index (χ1v) is 7.76. The molecular weight excluding hydrogens is 302 g/mol. The van der Waals surface area contributed by atoms with Crippen LogP contribution in [0.1, 0.15) is 19.4 Å². The van der Waals surface area contributed by atoms with E-state index in [1.54, 1.807) is 22.0 Å². The van der Waals surface area contributed by atoms with Crippen LogP contribution < -0.4 is 5.32 Å². The molecule has 2 aliphatic heterocycles. The van der Waals surface area contributed by atoms with Crippen LogP contribution in [0.25, 0.3) is 0 Å². The number of amides is 2. The SMILES string of the molecule is CC1CC(C(=O)O)CN(C(=O)N[C@H]2COC[C@H]2n2ccnn2)C1. The minimum atomic E-state index is -0.848. The van der Waals surface area contributed by atoms with Crippen LogP contribution in [0.15, 0.2) is 12.4 Å². The van der Waals surface area contributed by atoms with Gasteiger partial charge in [-0.3, -0.25) is 4.79 Å². The van der Waals surface area contributed by atoms with Gasteiger partial charge in [0.2, 0.25) is 0 Å². The van der Waals surface area contributed by atoms with Crippen molar-refractivity contribution < 1.29 is 19.4 Å². The second-order valence-electron chi connectivity index (χ2n) is 6.32. The maximum absolute atomic E-state index is 12.5. The Labute approximate surface area is 133 Å². The van der Waals surface area contributed by atoms with Gasteiger partial charge in [-0.1, -0.05) is 12.1 Å². The van der Waals surface area contributed by atoms with E-state index in [-0.39, 0.29) is 30.6 Å². The molecule has 0 spiro atoms. The van der Waals surface area contributed by atoms with Gasteiger partial charge < -0.3 is 20.1 Å². The van der Waals surface area contributed by atoms with Crippen LogP contribution >= 0.6 is 0 Å². The van der Waals surface area contributed by atoms with Crippen LogP contribution in [0.5, 0.6) is 0 Å². The first-order valence-electron chi connectivity index (χ1n) is 7.76. The van der Waals surface area contributed by atoms with E-state index in [1.807, 2.05) is 6.92 Å². The zero-order valence-electron chi connectivity index (χ0n) is 13.0. The smallest absolute Gasteiger partial charge is 0.317 e. The third kappa shape index (κ3) is 3.44. The van der Waals surface area contributed by atoms with Crippen molar-refractivity contribution in [3.8, 4) is 0 Å². The second kappa shape index (κ2) is 6.53. The highest BCUT2D eigenvalue weighted by molar-refractivity contribution is 5.77. The molecule has 0 saturated carbocycles. The van der Waals surface area contributed by atoms with E-state index in [4.69, 9.17) is 4.74 Å². The summed E-state index contributed by atoms with van der Waals surface area (Å²) < 4.78 is 7.12. The summed E-state index contributed by atoms with van der Waals surface area (Å²) in [6, 6.07) is -0.549. The third-order valence-corrected chi connectivity index (χ3v) is 4.44. The lowest BCUT2D eigenvalue weighted by Crippen LogP contribution is -2.53. The Hall–Kier alpha value is -2.16. The lowest BCUT2D eigenvalue weighted by atomic mass is 9.91. The van der Waals surface area contributed by atoms with Crippen molar-refractivity contribution >= 4 is 12.0 Å². The monoisotopic (exact) mass is 323 g/mol. The normalized spacial score (nSPS) is 31.1. The number of nitrogens with one attached hydrogen (secondary N) is 1. The number of carbonyl (C=O) groups excluding carboxylic acids is 1. The van der Waals surface area contributed by atoms with Crippen molar-refractivity contribution in [1.82, 2.24) is 25.2 Å². The minimum absolute atomic E-state index is 0.0982. The fourth-order valence-electron chi connectivity index (χ4n) is 3.28. The first-order chi connectivity index (χ1) is 11.0. The summed E-state index contributed by atoms with van der Waals surface area (Å²) in [5, 5.41) is 19.9. The van der Waals surface area contributed by atoms with Crippen molar-refractivity contribution in [3.05, 3.63) is 12.4 Å². The van der Waals surface area contributed by atoms with Gasteiger partial charge in [0.25, 0.3) is 0 Å². The molecule has 0 bridgehead atoms. The molecule has 23 heavy (non-hydrogen) atoms. The number of piperidine rings is 1. The molecule has 2 saturated heterocycles. The summed E-state index contributed by atoms with van der Waals surface area (Å²) >= 11 is 0. The number of aliphatic carboxylic acids is 1. The topological polar surface area (TPSA) is 110 Å². The second-order valence-corrected chi connectivity index (χ2v) is 6.32. The Kier molecular flexibility index (Phi) is 4.46. The van der Waals surface area contributed by atoms with Crippen molar-refractivity contribution in [3.63, 3.8) is 0 Å². The van der Waals surface area contributed by atoms with Gasteiger partial charge in [-0.25, -0.2) is 9.48 Å². The van der Waals surface area contributed by atoms with Crippen LogP contribution in [-0.2, 0) is 9.53 Å². The van der Waals surface area contributed by atoms with Crippen LogP contribution in [0, 0.1) is 11.8 Å². The molecule has 2 N–H and O–H groups in total. The van der Waals surface area contributed by atoms with Gasteiger partial charge in [0.05, 0.1) is 37.4 Å². The number of hydrogen-bond acceptors (Lipinski definition) is 5. The van der Waals surface area contributed by atoms with Crippen LogP contribution in [-0.4, -0.2) is 69.3 Å². The van der Waals surface area contributed by atoms with E-state index in [0.717, 1.165) is 0 Å². The summed E-state index contributed by atoms with van der Waals surface area (Å²) in [5.74, 6) is -1.18. The highest BCUT2D eigenvalue weighted by Crippen LogP contribution is 2.23. The molecule has 2 fully saturated rings. The molecule has 2 aliphatic rings. The van der Waals surface area contributed by atoms with E-state index < -0.39 is 11.9 Å². The highest BCUT2D eigenvalue weighted by Gasteiger charge is 2.36. The Morgan fingerprint density at radius 3 is 2.87 bits per heavy atom. The number of urea groups is 1. The number of hydrogen-bond donors (Lipinski definition) is 2. The number of ether oxygens (including phenoxy) is 1. The summed E-state index contributed by atoms with van der Waals surface area (Å²) in [7, 11) is 0. The van der Waals surface area contributed by atoms with Crippen molar-refractivity contribution in [1.29, 1.82) is 0 Å². The first kappa shape index (κ1) is 15.7. The van der Waals surface area contributed by atoms with Gasteiger partial charge >= 0.3 is 12.0 Å². The Balaban J connectivity index is 1.63. The fourth-order valence-corrected chi connectivity index (χ4v) is 3.28. The van der Waals surface area contributed by atoms with Gasteiger partial charge in [0, 0.05) is 19.3 Å². The average molecular weight is 323 g/mol. The van der Waals surface area contributed by atoms with Gasteiger partial charge in [-0.15, -0.1) is 5.10 Å². The summed E-state index contributed by atoms with van der Waals surface area (Å²) in [6.07, 6.45) is 3.93. The predicted octanol–water partition coefficient (Wildman–Crippen LogP) is -0.0298. The molecule has 0 radical (unpaired) electrons. The Morgan fingerprint density at radius 2 is 2.17 bits per heavy atom. The van der Waals surface area contributed by atoms with Crippen LogP contribution in [0.2, 0.25) is 0 Å². The summed E-state index contributed by atoms with van der Waals surface area (Å²) in [4.78, 5) is 25.3. The average Bonchev–Trinajstić information content (AvgIpc) is 3.17. The molecule has 1 aromatic rings. The minimum Gasteiger partial charge on any atom is -0.481 e. The van der Waals surface area contributed by atoms with E-state index in [1.165, 1.54) is 0 Å². The highest BCUT2D eigenvalue weighted by atomic mass is 16.5. The standard InChI is InChI=1S/C14H21N5O4/c1-9-4-10(13(20)21)6-18(5-9)14(22)16-11-7-23-8-12(11)19-3-2-15-17-19/h2-3,9-12H,4-8H2,1H3,(H,16,22)(H,20,21)/t9?,10?,11-,12+/m0/s1. The van der Waals surface area contributed by atoms with E-state index >= 15 is 0 Å². The van der Waals surface area contributed by atoms with Gasteiger partial charge in [-0.05, 0) is 12.3 Å². The molecule has 9 heteroatoms. The number of rotatable bonds is 3. The summed E-state index contributed by atoms with van der Waals surface area (Å²) in [6.45, 7) is 3.64. The number of carboxylic acid groups (broad SMARTS) is 1. The molecule has 0 aliphatic carbocycles. The molecular formula is C14H21N5O4. The lowest BCUT2D eigenvalue weighted by molar-refractivity contribution is -0.143.